The van der Waals surface area contributed by atoms with Crippen LogP contribution in [0.2, 0.25) is 0 Å². The number of benzene rings is 2. The molecular weight excluding hydrogens is 371 g/mol. The van der Waals surface area contributed by atoms with Crippen LogP contribution in [-0.2, 0) is 13.6 Å². The Labute approximate surface area is 167 Å². The minimum Gasteiger partial charge on any atom is -0.496 e. The summed E-state index contributed by atoms with van der Waals surface area (Å²) in [5.74, 6) is -0.00288. The monoisotopic (exact) mass is 390 g/mol. The highest BCUT2D eigenvalue weighted by Gasteiger charge is 2.18. The van der Waals surface area contributed by atoms with Crippen molar-refractivity contribution in [2.24, 2.45) is 7.05 Å². The van der Waals surface area contributed by atoms with Gasteiger partial charge in [0.05, 0.1) is 30.0 Å². The van der Waals surface area contributed by atoms with Crippen molar-refractivity contribution >= 4 is 16.9 Å². The fourth-order valence-electron chi connectivity index (χ4n) is 3.23. The smallest absolute Gasteiger partial charge is 0.252 e. The van der Waals surface area contributed by atoms with Crippen LogP contribution in [0, 0.1) is 5.82 Å². The fraction of sp³-hybridized carbons (Fsp3) is 0.136. The van der Waals surface area contributed by atoms with Gasteiger partial charge in [-0.2, -0.15) is 5.10 Å². The summed E-state index contributed by atoms with van der Waals surface area (Å²) in [5.41, 5.74) is 2.45. The summed E-state index contributed by atoms with van der Waals surface area (Å²) in [5, 5.41) is 7.71. The SMILES string of the molecule is COc1ccccc1CNC(=O)c1cc(-c2ccccc2F)nc2c1cnn2C. The molecule has 4 aromatic rings. The molecule has 0 fully saturated rings. The van der Waals surface area contributed by atoms with Gasteiger partial charge in [-0.15, -0.1) is 0 Å². The van der Waals surface area contributed by atoms with Crippen molar-refractivity contribution in [3.8, 4) is 17.0 Å². The Balaban J connectivity index is 1.72. The van der Waals surface area contributed by atoms with Gasteiger partial charge >= 0.3 is 0 Å². The zero-order chi connectivity index (χ0) is 20.4. The Kier molecular flexibility index (Phi) is 4.95. The van der Waals surface area contributed by atoms with E-state index in [4.69, 9.17) is 4.74 Å². The number of nitrogens with zero attached hydrogens (tertiary/aromatic N) is 3. The van der Waals surface area contributed by atoms with Crippen LogP contribution in [0.4, 0.5) is 4.39 Å². The molecule has 2 aromatic heterocycles. The Morgan fingerprint density at radius 2 is 1.93 bits per heavy atom. The van der Waals surface area contributed by atoms with Crippen molar-refractivity contribution in [1.82, 2.24) is 20.1 Å². The van der Waals surface area contributed by atoms with Crippen molar-refractivity contribution < 1.29 is 13.9 Å². The molecule has 2 heterocycles. The Hall–Kier alpha value is -3.74. The molecule has 0 radical (unpaired) electrons. The van der Waals surface area contributed by atoms with E-state index >= 15 is 0 Å². The van der Waals surface area contributed by atoms with Crippen molar-refractivity contribution in [3.63, 3.8) is 0 Å². The van der Waals surface area contributed by atoms with E-state index in [0.717, 1.165) is 5.56 Å². The minimum atomic E-state index is -0.401. The van der Waals surface area contributed by atoms with Gasteiger partial charge in [0.25, 0.3) is 5.91 Å². The summed E-state index contributed by atoms with van der Waals surface area (Å²) < 4.78 is 21.2. The van der Waals surface area contributed by atoms with Gasteiger partial charge in [-0.05, 0) is 24.3 Å². The van der Waals surface area contributed by atoms with E-state index in [1.807, 2.05) is 24.3 Å². The van der Waals surface area contributed by atoms with Gasteiger partial charge in [0.2, 0.25) is 0 Å². The van der Waals surface area contributed by atoms with Crippen molar-refractivity contribution in [3.05, 3.63) is 77.7 Å². The first kappa shape index (κ1) is 18.6. The molecule has 1 amide bonds. The number of hydrogen-bond acceptors (Lipinski definition) is 4. The maximum absolute atomic E-state index is 14.3. The van der Waals surface area contributed by atoms with Crippen LogP contribution in [-0.4, -0.2) is 27.8 Å². The lowest BCUT2D eigenvalue weighted by Gasteiger charge is -2.11. The highest BCUT2D eigenvalue weighted by molar-refractivity contribution is 6.06. The van der Waals surface area contributed by atoms with Crippen molar-refractivity contribution in [1.29, 1.82) is 0 Å². The van der Waals surface area contributed by atoms with Gasteiger partial charge in [0.15, 0.2) is 5.65 Å². The number of carbonyl (C=O) groups is 1. The predicted octanol–water partition coefficient (Wildman–Crippen LogP) is 3.71. The number of aryl methyl sites for hydroxylation is 1. The van der Waals surface area contributed by atoms with Crippen LogP contribution in [0.1, 0.15) is 15.9 Å². The van der Waals surface area contributed by atoms with Crippen LogP contribution in [0.15, 0.2) is 60.8 Å². The number of pyridine rings is 1. The number of para-hydroxylation sites is 1. The van der Waals surface area contributed by atoms with Gasteiger partial charge in [0.1, 0.15) is 11.6 Å². The largest absolute Gasteiger partial charge is 0.496 e. The zero-order valence-corrected chi connectivity index (χ0v) is 16.0. The lowest BCUT2D eigenvalue weighted by Crippen LogP contribution is -2.23. The maximum atomic E-state index is 14.3. The van der Waals surface area contributed by atoms with E-state index in [-0.39, 0.29) is 5.91 Å². The van der Waals surface area contributed by atoms with Crippen molar-refractivity contribution in [2.75, 3.05) is 7.11 Å². The number of nitrogens with one attached hydrogen (secondary N) is 1. The summed E-state index contributed by atoms with van der Waals surface area (Å²) in [7, 11) is 3.32. The number of fused-ring (bicyclic) bond motifs is 1. The molecule has 1 N–H and O–H groups in total. The summed E-state index contributed by atoms with van der Waals surface area (Å²) >= 11 is 0. The highest BCUT2D eigenvalue weighted by Crippen LogP contribution is 2.26. The number of ether oxygens (including phenoxy) is 1. The van der Waals surface area contributed by atoms with Crippen LogP contribution in [0.5, 0.6) is 5.75 Å². The molecule has 146 valence electrons. The van der Waals surface area contributed by atoms with Gasteiger partial charge in [-0.1, -0.05) is 30.3 Å². The first-order chi connectivity index (χ1) is 14.1. The molecule has 7 heteroatoms. The lowest BCUT2D eigenvalue weighted by atomic mass is 10.1. The number of halogens is 1. The third kappa shape index (κ3) is 3.54. The molecule has 0 saturated heterocycles. The second-order valence-electron chi connectivity index (χ2n) is 6.53. The Morgan fingerprint density at radius 3 is 2.72 bits per heavy atom. The molecule has 0 aliphatic rings. The quantitative estimate of drug-likeness (QED) is 0.564. The van der Waals surface area contributed by atoms with E-state index in [2.05, 4.69) is 15.4 Å². The Morgan fingerprint density at radius 1 is 1.17 bits per heavy atom. The second kappa shape index (κ2) is 7.71. The number of methoxy groups -OCH3 is 1. The number of amides is 1. The molecule has 0 saturated carbocycles. The van der Waals surface area contributed by atoms with E-state index < -0.39 is 5.82 Å². The van der Waals surface area contributed by atoms with E-state index in [1.165, 1.54) is 6.07 Å². The maximum Gasteiger partial charge on any atom is 0.252 e. The number of rotatable bonds is 5. The molecule has 0 aliphatic heterocycles. The highest BCUT2D eigenvalue weighted by atomic mass is 19.1. The lowest BCUT2D eigenvalue weighted by molar-refractivity contribution is 0.0952. The van der Waals surface area contributed by atoms with Crippen molar-refractivity contribution in [2.45, 2.75) is 6.54 Å². The third-order valence-corrected chi connectivity index (χ3v) is 4.73. The summed E-state index contributed by atoms with van der Waals surface area (Å²) in [6, 6.07) is 15.4. The summed E-state index contributed by atoms with van der Waals surface area (Å²) in [4.78, 5) is 17.5. The van der Waals surface area contributed by atoms with Gasteiger partial charge in [-0.3, -0.25) is 9.48 Å². The molecular formula is C22H19FN4O2. The molecule has 0 atom stereocenters. The van der Waals surface area contributed by atoms with Crippen LogP contribution < -0.4 is 10.1 Å². The zero-order valence-electron chi connectivity index (χ0n) is 16.0. The molecule has 6 nitrogen and oxygen atoms in total. The van der Waals surface area contributed by atoms with E-state index in [9.17, 15) is 9.18 Å². The van der Waals surface area contributed by atoms with E-state index in [1.54, 1.807) is 49.3 Å². The average Bonchev–Trinajstić information content (AvgIpc) is 3.12. The van der Waals surface area contributed by atoms with Crippen LogP contribution in [0.3, 0.4) is 0 Å². The topological polar surface area (TPSA) is 69.0 Å². The van der Waals surface area contributed by atoms with Gasteiger partial charge in [0, 0.05) is 24.7 Å². The number of aromatic nitrogens is 3. The van der Waals surface area contributed by atoms with E-state index in [0.29, 0.717) is 40.1 Å². The molecule has 2 aromatic carbocycles. The average molecular weight is 390 g/mol. The Bertz CT molecular complexity index is 1200. The number of carbonyl (C=O) groups excluding carboxylic acids is 1. The molecule has 0 unspecified atom stereocenters. The summed E-state index contributed by atoms with van der Waals surface area (Å²) in [6.07, 6.45) is 1.59. The summed E-state index contributed by atoms with van der Waals surface area (Å²) in [6.45, 7) is 0.294. The standard InChI is InChI=1S/C22H19FN4O2/c1-27-21-17(13-25-27)16(11-19(26-21)15-8-4-5-9-18(15)23)22(28)24-12-14-7-3-6-10-20(14)29-2/h3-11,13H,12H2,1-2H3,(H,24,28). The molecule has 0 spiro atoms. The first-order valence-corrected chi connectivity index (χ1v) is 9.06. The van der Waals surface area contributed by atoms with Crippen LogP contribution in [0.25, 0.3) is 22.3 Å². The number of hydrogen-bond donors (Lipinski definition) is 1. The normalized spacial score (nSPS) is 10.9. The molecule has 4 rings (SSSR count). The van der Waals surface area contributed by atoms with Crippen LogP contribution >= 0.6 is 0 Å². The minimum absolute atomic E-state index is 0.294. The second-order valence-corrected chi connectivity index (χ2v) is 6.53. The molecule has 0 bridgehead atoms. The predicted molar refractivity (Wildman–Crippen MR) is 108 cm³/mol. The third-order valence-electron chi connectivity index (χ3n) is 4.73. The van der Waals surface area contributed by atoms with Gasteiger partial charge in [-0.25, -0.2) is 9.37 Å². The molecule has 29 heavy (non-hydrogen) atoms. The van der Waals surface area contributed by atoms with Gasteiger partial charge < -0.3 is 10.1 Å². The fourth-order valence-corrected chi connectivity index (χ4v) is 3.23. The molecule has 0 aliphatic carbocycles. The first-order valence-electron chi connectivity index (χ1n) is 9.06.